The Balaban J connectivity index is 0.000000160. The van der Waals surface area contributed by atoms with Crippen molar-refractivity contribution in [2.45, 2.75) is 0 Å². The Kier molecular flexibility index (Phi) is 6.18. The van der Waals surface area contributed by atoms with Gasteiger partial charge in [-0.2, -0.15) is 0 Å². The van der Waals surface area contributed by atoms with Gasteiger partial charge in [0.15, 0.2) is 0 Å². The molecule has 0 aliphatic carbocycles. The van der Waals surface area contributed by atoms with E-state index in [9.17, 15) is 15.0 Å². The summed E-state index contributed by atoms with van der Waals surface area (Å²) in [6.07, 6.45) is 3.60. The Morgan fingerprint density at radius 2 is 1.17 bits per heavy atom. The van der Waals surface area contributed by atoms with Gasteiger partial charge in [0.25, 0.3) is 0 Å². The first kappa shape index (κ1) is 20.4. The number of aromatic carboxylic acids is 1. The molecule has 5 aromatic rings. The maximum atomic E-state index is 11.3. The summed E-state index contributed by atoms with van der Waals surface area (Å²) < 4.78 is 0. The monoisotopic (exact) mass is 472 g/mol. The smallest absolute Gasteiger partial charge is 0.872 e. The normalized spacial score (nSPS) is 10.2. The van der Waals surface area contributed by atoms with Crippen LogP contribution in [0.5, 0.6) is 5.75 Å². The zero-order valence-corrected chi connectivity index (χ0v) is 16.6. The summed E-state index contributed by atoms with van der Waals surface area (Å²) in [6, 6.07) is 21.9. The molecule has 5 rings (SSSR count). The number of hydrogen-bond donors (Lipinski definition) is 0. The summed E-state index contributed by atoms with van der Waals surface area (Å²) in [6.45, 7) is 0. The molecule has 0 unspecified atom stereocenters. The van der Waals surface area contributed by atoms with Crippen molar-refractivity contribution in [3.05, 3.63) is 90.8 Å². The van der Waals surface area contributed by atoms with Gasteiger partial charge in [-0.05, 0) is 34.5 Å². The minimum absolute atomic E-state index is 0. The van der Waals surface area contributed by atoms with Crippen LogP contribution in [0.25, 0.3) is 32.6 Å². The van der Waals surface area contributed by atoms with Crippen LogP contribution in [0.1, 0.15) is 10.4 Å². The Labute approximate surface area is 180 Å². The van der Waals surface area contributed by atoms with Crippen LogP contribution >= 0.6 is 0 Å². The van der Waals surface area contributed by atoms with Crippen LogP contribution in [0.15, 0.2) is 85.2 Å². The van der Waals surface area contributed by atoms with Gasteiger partial charge in [-0.3, -0.25) is 9.97 Å². The van der Waals surface area contributed by atoms with E-state index in [1.807, 2.05) is 12.1 Å². The summed E-state index contributed by atoms with van der Waals surface area (Å²) in [5.74, 6) is -1.94. The van der Waals surface area contributed by atoms with E-state index in [0.29, 0.717) is 0 Å². The van der Waals surface area contributed by atoms with Gasteiger partial charge in [0.2, 0.25) is 0 Å². The second-order valence-electron chi connectivity index (χ2n) is 6.20. The van der Waals surface area contributed by atoms with Gasteiger partial charge in [0, 0.05) is 23.2 Å². The van der Waals surface area contributed by atoms with Gasteiger partial charge in [0.1, 0.15) is 0 Å². The molecular weight excluding hydrogens is 459 g/mol. The fraction of sp³-hybridized carbons (Fsp3) is 0. The van der Waals surface area contributed by atoms with Crippen molar-refractivity contribution >= 4 is 38.5 Å². The molecule has 3 aromatic carbocycles. The third kappa shape index (κ3) is 4.24. The molecule has 0 fully saturated rings. The van der Waals surface area contributed by atoms with Crippen molar-refractivity contribution in [3.8, 4) is 5.75 Å². The number of carbonyl (C=O) groups excluding carboxylic acids is 1. The molecule has 0 aliphatic rings. The summed E-state index contributed by atoms with van der Waals surface area (Å²) >= 11 is 0. The summed E-state index contributed by atoms with van der Waals surface area (Å²) in [5, 5.41) is 25.5. The van der Waals surface area contributed by atoms with Gasteiger partial charge >= 0.3 is 20.4 Å². The van der Waals surface area contributed by atoms with Crippen LogP contribution in [0.4, 0.5) is 0 Å². The molecule has 2 heterocycles. The molecule has 0 atom stereocenters. The van der Waals surface area contributed by atoms with Crippen LogP contribution < -0.4 is 10.2 Å². The number of benzene rings is 3. The van der Waals surface area contributed by atoms with Crippen LogP contribution in [-0.4, -0.2) is 15.9 Å². The Hall–Kier alpha value is -3.33. The van der Waals surface area contributed by atoms with Crippen molar-refractivity contribution in [1.29, 1.82) is 0 Å². The van der Waals surface area contributed by atoms with Gasteiger partial charge in [0.05, 0.1) is 17.0 Å². The number of fused-ring (bicyclic) bond motifs is 4. The number of nitrogens with zero attached hydrogens (tertiary/aromatic N) is 2. The number of carbonyl (C=O) groups is 1. The van der Waals surface area contributed by atoms with Crippen molar-refractivity contribution in [2.75, 3.05) is 0 Å². The van der Waals surface area contributed by atoms with Crippen molar-refractivity contribution < 1.29 is 35.4 Å². The number of carboxylic acids is 1. The summed E-state index contributed by atoms with van der Waals surface area (Å²) in [4.78, 5) is 19.2. The molecule has 2 aromatic heterocycles. The van der Waals surface area contributed by atoms with Gasteiger partial charge in [-0.25, -0.2) is 0 Å². The van der Waals surface area contributed by atoms with Gasteiger partial charge in [-0.15, -0.1) is 0 Å². The molecule has 29 heavy (non-hydrogen) atoms. The molecule has 0 saturated heterocycles. The number of rotatable bonds is 1. The Bertz CT molecular complexity index is 1270. The van der Waals surface area contributed by atoms with E-state index in [1.165, 1.54) is 12.1 Å². The molecule has 6 heteroatoms. The predicted octanol–water partition coefficient (Wildman–Crippen LogP) is 3.06. The van der Waals surface area contributed by atoms with Crippen molar-refractivity contribution in [1.82, 2.24) is 9.97 Å². The molecule has 0 amide bonds. The average Bonchev–Trinajstić information content (AvgIpc) is 2.73. The van der Waals surface area contributed by atoms with E-state index < -0.39 is 11.7 Å². The minimum Gasteiger partial charge on any atom is -0.872 e. The molecular formula is C23H14N2O3Pd. The molecule has 0 aliphatic heterocycles. The van der Waals surface area contributed by atoms with E-state index in [1.54, 1.807) is 36.7 Å². The SMILES string of the molecule is O=C([O-])c1cc2ccccc2cc1[O-].[Pd+2].c1cnc2c(c1)ccc1cccnc12. The average molecular weight is 473 g/mol. The molecule has 0 spiro atoms. The van der Waals surface area contributed by atoms with E-state index in [4.69, 9.17) is 0 Å². The number of hydrogen-bond acceptors (Lipinski definition) is 5. The predicted molar refractivity (Wildman–Crippen MR) is 105 cm³/mol. The number of pyridine rings is 2. The second-order valence-corrected chi connectivity index (χ2v) is 6.20. The first-order chi connectivity index (χ1) is 13.6. The van der Waals surface area contributed by atoms with E-state index in [-0.39, 0.29) is 26.0 Å². The maximum Gasteiger partial charge on any atom is 2.00 e. The Morgan fingerprint density at radius 1 is 0.690 bits per heavy atom. The second kappa shape index (κ2) is 8.78. The quantitative estimate of drug-likeness (QED) is 0.276. The molecule has 0 bridgehead atoms. The van der Waals surface area contributed by atoms with E-state index in [2.05, 4.69) is 34.2 Å². The molecule has 0 saturated carbocycles. The third-order valence-corrected chi connectivity index (χ3v) is 4.41. The third-order valence-electron chi connectivity index (χ3n) is 4.41. The van der Waals surface area contributed by atoms with Crippen molar-refractivity contribution in [3.63, 3.8) is 0 Å². The molecule has 5 nitrogen and oxygen atoms in total. The molecule has 0 radical (unpaired) electrons. The molecule has 144 valence electrons. The standard InChI is InChI=1S/C12H8N2.C11H8O3.Pd/c1-3-9-5-6-10-4-2-8-14-12(10)11(9)13-7-1;12-10-6-8-4-2-1-3-7(8)5-9(10)11(13)14;/h1-8H;1-6,12H,(H,13,14);/q;;+2/p-2. The van der Waals surface area contributed by atoms with Crippen LogP contribution in [0, 0.1) is 0 Å². The number of carboxylic acid groups (broad SMARTS) is 1. The zero-order chi connectivity index (χ0) is 19.5. The van der Waals surface area contributed by atoms with E-state index >= 15 is 0 Å². The first-order valence-electron chi connectivity index (χ1n) is 8.63. The van der Waals surface area contributed by atoms with Crippen LogP contribution in [0.2, 0.25) is 0 Å². The van der Waals surface area contributed by atoms with Crippen LogP contribution in [-0.2, 0) is 20.4 Å². The van der Waals surface area contributed by atoms with Crippen molar-refractivity contribution in [2.24, 2.45) is 0 Å². The fourth-order valence-electron chi connectivity index (χ4n) is 3.06. The topological polar surface area (TPSA) is 89.0 Å². The molecule has 0 N–H and O–H groups in total. The fourth-order valence-corrected chi connectivity index (χ4v) is 3.06. The van der Waals surface area contributed by atoms with E-state index in [0.717, 1.165) is 32.6 Å². The number of aromatic nitrogens is 2. The summed E-state index contributed by atoms with van der Waals surface area (Å²) in [5.41, 5.74) is 1.67. The largest absolute Gasteiger partial charge is 2.00 e. The zero-order valence-electron chi connectivity index (χ0n) is 15.0. The van der Waals surface area contributed by atoms with Crippen LogP contribution in [0.3, 0.4) is 0 Å². The van der Waals surface area contributed by atoms with Gasteiger partial charge < -0.3 is 15.0 Å². The first-order valence-corrected chi connectivity index (χ1v) is 8.63. The van der Waals surface area contributed by atoms with Gasteiger partial charge in [-0.1, -0.05) is 60.3 Å². The maximum absolute atomic E-state index is 11.3. The minimum atomic E-state index is -1.43. The Morgan fingerprint density at radius 3 is 1.69 bits per heavy atom. The summed E-state index contributed by atoms with van der Waals surface area (Å²) in [7, 11) is 0.